The fraction of sp³-hybridized carbons (Fsp3) is 0.440. The Bertz CT molecular complexity index is 1160. The highest BCUT2D eigenvalue weighted by atomic mass is 16.5. The van der Waals surface area contributed by atoms with E-state index in [0.29, 0.717) is 0 Å². The van der Waals surface area contributed by atoms with Crippen LogP contribution in [0.3, 0.4) is 0 Å². The Morgan fingerprint density at radius 3 is 1.67 bits per heavy atom. The maximum absolute atomic E-state index is 5.66. The number of nitrogens with zero attached hydrogens (tertiary/aromatic N) is 1. The van der Waals surface area contributed by atoms with Gasteiger partial charge in [0.25, 0.3) is 0 Å². The van der Waals surface area contributed by atoms with E-state index in [0.717, 1.165) is 53.3 Å². The van der Waals surface area contributed by atoms with Crippen LogP contribution >= 0.6 is 0 Å². The fourth-order valence-electron chi connectivity index (χ4n) is 5.53. The minimum Gasteiger partial charge on any atom is -0.493 e. The highest BCUT2D eigenvalue weighted by molar-refractivity contribution is 6.13. The van der Waals surface area contributed by atoms with Crippen molar-refractivity contribution in [1.82, 2.24) is 4.90 Å². The van der Waals surface area contributed by atoms with Gasteiger partial charge >= 0.3 is 0 Å². The molecule has 1 fully saturated rings. The van der Waals surface area contributed by atoms with Gasteiger partial charge in [-0.25, -0.2) is 0 Å². The topological polar surface area (TPSA) is 40.2 Å². The van der Waals surface area contributed by atoms with Gasteiger partial charge in [-0.3, -0.25) is 4.90 Å². The number of benzene rings is 3. The molecular weight excluding hydrogens is 378 g/mol. The van der Waals surface area contributed by atoms with E-state index in [2.05, 4.69) is 36.1 Å². The van der Waals surface area contributed by atoms with Crippen LogP contribution in [0.25, 0.3) is 21.5 Å². The number of hydrogen-bond acceptors (Lipinski definition) is 5. The summed E-state index contributed by atoms with van der Waals surface area (Å²) < 4.78 is 22.6. The molecule has 3 aromatic carbocycles. The predicted octanol–water partition coefficient (Wildman–Crippen LogP) is 4.94. The van der Waals surface area contributed by atoms with Gasteiger partial charge in [-0.1, -0.05) is 0 Å². The first-order valence-corrected chi connectivity index (χ1v) is 10.5. The molecule has 0 aliphatic carbocycles. The molecule has 0 bridgehead atoms. The Morgan fingerprint density at radius 1 is 0.700 bits per heavy atom. The van der Waals surface area contributed by atoms with Crippen molar-refractivity contribution in [2.24, 2.45) is 0 Å². The van der Waals surface area contributed by atoms with Crippen molar-refractivity contribution < 1.29 is 18.9 Å². The van der Waals surface area contributed by atoms with E-state index in [1.807, 2.05) is 0 Å². The van der Waals surface area contributed by atoms with Crippen LogP contribution in [0.5, 0.6) is 23.0 Å². The van der Waals surface area contributed by atoms with E-state index in [-0.39, 0.29) is 5.54 Å². The summed E-state index contributed by atoms with van der Waals surface area (Å²) in [4.78, 5) is 2.65. The lowest BCUT2D eigenvalue weighted by molar-refractivity contribution is 0.134. The molecule has 3 aromatic rings. The van der Waals surface area contributed by atoms with E-state index < -0.39 is 0 Å². The molecule has 0 aromatic heterocycles. The summed E-state index contributed by atoms with van der Waals surface area (Å²) in [5.41, 5.74) is 3.04. The summed E-state index contributed by atoms with van der Waals surface area (Å²) >= 11 is 0. The van der Waals surface area contributed by atoms with Crippen molar-refractivity contribution in [3.8, 4) is 23.0 Å². The zero-order valence-electron chi connectivity index (χ0n) is 18.4. The van der Waals surface area contributed by atoms with Gasteiger partial charge in [0.2, 0.25) is 0 Å². The van der Waals surface area contributed by atoms with Crippen molar-refractivity contribution in [1.29, 1.82) is 0 Å². The minimum atomic E-state index is 0.220. The van der Waals surface area contributed by atoms with Crippen LogP contribution in [0.1, 0.15) is 30.9 Å². The quantitative estimate of drug-likeness (QED) is 0.573. The molecule has 30 heavy (non-hydrogen) atoms. The second kappa shape index (κ2) is 6.95. The average molecular weight is 408 g/mol. The molecule has 158 valence electrons. The van der Waals surface area contributed by atoms with Crippen molar-refractivity contribution in [3.05, 3.63) is 35.4 Å². The lowest BCUT2D eigenvalue weighted by Gasteiger charge is -2.41. The maximum atomic E-state index is 5.66. The first kappa shape index (κ1) is 19.3. The highest BCUT2D eigenvalue weighted by Crippen LogP contribution is 2.48. The van der Waals surface area contributed by atoms with Crippen LogP contribution in [0.4, 0.5) is 0 Å². The zero-order valence-corrected chi connectivity index (χ0v) is 18.4. The zero-order chi connectivity index (χ0) is 21.0. The monoisotopic (exact) mass is 407 g/mol. The SMILES string of the molecule is COc1cc2c3c(c4cc(OC)c(OC)cc4c2cc1OC)C[C@]1(C)CCCN1C3. The van der Waals surface area contributed by atoms with Gasteiger partial charge in [-0.05, 0) is 89.7 Å². The summed E-state index contributed by atoms with van der Waals surface area (Å²) in [6, 6.07) is 8.49. The number of fused-ring (bicyclic) bond motifs is 7. The molecular formula is C25H29NO4. The molecule has 1 atom stereocenters. The number of rotatable bonds is 4. The van der Waals surface area contributed by atoms with E-state index in [9.17, 15) is 0 Å². The Balaban J connectivity index is 1.91. The molecule has 2 heterocycles. The molecule has 0 radical (unpaired) electrons. The molecule has 2 aliphatic heterocycles. The number of methoxy groups -OCH3 is 4. The van der Waals surface area contributed by atoms with Crippen molar-refractivity contribution in [2.45, 2.75) is 38.3 Å². The van der Waals surface area contributed by atoms with E-state index in [4.69, 9.17) is 18.9 Å². The Morgan fingerprint density at radius 2 is 1.17 bits per heavy atom. The highest BCUT2D eigenvalue weighted by Gasteiger charge is 2.41. The third kappa shape index (κ3) is 2.64. The molecule has 5 rings (SSSR count). The first-order chi connectivity index (χ1) is 14.5. The summed E-state index contributed by atoms with van der Waals surface area (Å²) in [6.07, 6.45) is 3.54. The normalized spacial score (nSPS) is 20.8. The molecule has 0 spiro atoms. The van der Waals surface area contributed by atoms with Gasteiger partial charge < -0.3 is 18.9 Å². The molecule has 0 unspecified atom stereocenters. The predicted molar refractivity (Wildman–Crippen MR) is 119 cm³/mol. The van der Waals surface area contributed by atoms with E-state index in [1.165, 1.54) is 34.7 Å². The van der Waals surface area contributed by atoms with Gasteiger partial charge in [0.1, 0.15) is 0 Å². The van der Waals surface area contributed by atoms with Crippen LogP contribution in [0, 0.1) is 0 Å². The number of ether oxygens (including phenoxy) is 4. The maximum Gasteiger partial charge on any atom is 0.161 e. The van der Waals surface area contributed by atoms with Crippen LogP contribution in [0.2, 0.25) is 0 Å². The van der Waals surface area contributed by atoms with Crippen molar-refractivity contribution in [2.75, 3.05) is 35.0 Å². The van der Waals surface area contributed by atoms with Gasteiger partial charge in [0, 0.05) is 12.1 Å². The fourth-order valence-corrected chi connectivity index (χ4v) is 5.53. The molecule has 0 amide bonds. The van der Waals surface area contributed by atoms with E-state index >= 15 is 0 Å². The third-order valence-electron chi connectivity index (χ3n) is 7.17. The molecule has 0 saturated carbocycles. The van der Waals surface area contributed by atoms with Gasteiger partial charge in [-0.2, -0.15) is 0 Å². The summed E-state index contributed by atoms with van der Waals surface area (Å²) in [5.74, 6) is 3.02. The van der Waals surface area contributed by atoms with E-state index in [1.54, 1.807) is 28.4 Å². The Kier molecular flexibility index (Phi) is 4.47. The van der Waals surface area contributed by atoms with Crippen LogP contribution in [-0.4, -0.2) is 45.4 Å². The van der Waals surface area contributed by atoms with Crippen LogP contribution < -0.4 is 18.9 Å². The molecule has 1 saturated heterocycles. The molecule has 5 nitrogen and oxygen atoms in total. The summed E-state index contributed by atoms with van der Waals surface area (Å²) in [6.45, 7) is 4.53. The standard InChI is InChI=1S/C25H29NO4/c1-25-7-6-8-26(25)14-20-18-12-24(30-5)22(28-3)10-16(18)15-9-21(27-2)23(29-4)11-17(15)19(20)13-25/h9-12H,6-8,13-14H2,1-5H3/t25-/m0/s1. The Hall–Kier alpha value is -2.66. The number of hydrogen-bond donors (Lipinski definition) is 0. The third-order valence-corrected chi connectivity index (χ3v) is 7.17. The van der Waals surface area contributed by atoms with Gasteiger partial charge in [-0.15, -0.1) is 0 Å². The average Bonchev–Trinajstić information content (AvgIpc) is 3.16. The Labute approximate surface area is 177 Å². The molecule has 2 aliphatic rings. The first-order valence-electron chi connectivity index (χ1n) is 10.5. The minimum absolute atomic E-state index is 0.220. The van der Waals surface area contributed by atoms with Crippen LogP contribution in [-0.2, 0) is 13.0 Å². The molecule has 5 heteroatoms. The summed E-state index contributed by atoms with van der Waals surface area (Å²) in [5, 5.41) is 4.80. The lowest BCUT2D eigenvalue weighted by Crippen LogP contribution is -2.46. The van der Waals surface area contributed by atoms with Crippen LogP contribution in [0.15, 0.2) is 24.3 Å². The van der Waals surface area contributed by atoms with Gasteiger partial charge in [0.15, 0.2) is 23.0 Å². The lowest BCUT2D eigenvalue weighted by atomic mass is 9.79. The second-order valence-corrected chi connectivity index (χ2v) is 8.66. The summed E-state index contributed by atoms with van der Waals surface area (Å²) in [7, 11) is 6.77. The second-order valence-electron chi connectivity index (χ2n) is 8.66. The van der Waals surface area contributed by atoms with Gasteiger partial charge in [0.05, 0.1) is 28.4 Å². The smallest absolute Gasteiger partial charge is 0.161 e. The largest absolute Gasteiger partial charge is 0.493 e. The van der Waals surface area contributed by atoms with Crippen molar-refractivity contribution in [3.63, 3.8) is 0 Å². The van der Waals surface area contributed by atoms with Crippen molar-refractivity contribution >= 4 is 21.5 Å². The molecule has 0 N–H and O–H groups in total.